The minimum atomic E-state index is -0.327. The van der Waals surface area contributed by atoms with Gasteiger partial charge in [-0.25, -0.2) is 0 Å². The number of rotatable bonds is 5. The van der Waals surface area contributed by atoms with Crippen molar-refractivity contribution in [2.45, 2.75) is 39.3 Å². The summed E-state index contributed by atoms with van der Waals surface area (Å²) in [6.45, 7) is 6.49. The first-order valence-electron chi connectivity index (χ1n) is 5.68. The molecular weight excluding hydrogens is 224 g/mol. The molecular formula is C11H22N2O2S. The second-order valence-corrected chi connectivity index (χ2v) is 6.24. The summed E-state index contributed by atoms with van der Waals surface area (Å²) in [6, 6.07) is -0.0488. The molecule has 0 aromatic carbocycles. The summed E-state index contributed by atoms with van der Waals surface area (Å²) in [7, 11) is 0. The van der Waals surface area contributed by atoms with Crippen molar-refractivity contribution in [2.75, 3.05) is 18.2 Å². The molecule has 1 heterocycles. The van der Waals surface area contributed by atoms with Crippen LogP contribution in [0.15, 0.2) is 0 Å². The third kappa shape index (κ3) is 4.72. The average Bonchev–Trinajstić information content (AvgIpc) is 2.64. The van der Waals surface area contributed by atoms with Gasteiger partial charge < -0.3 is 10.4 Å². The first kappa shape index (κ1) is 13.8. The highest BCUT2D eigenvalue weighted by Crippen LogP contribution is 2.21. The Morgan fingerprint density at radius 3 is 2.88 bits per heavy atom. The summed E-state index contributed by atoms with van der Waals surface area (Å²) in [5.41, 5.74) is -0.0599. The zero-order chi connectivity index (χ0) is 12.2. The van der Waals surface area contributed by atoms with Crippen molar-refractivity contribution in [1.29, 1.82) is 0 Å². The molecule has 4 nitrogen and oxygen atoms in total. The van der Waals surface area contributed by atoms with E-state index in [0.717, 1.165) is 11.6 Å². The summed E-state index contributed by atoms with van der Waals surface area (Å²) in [5, 5.41) is 15.4. The monoisotopic (exact) mass is 246 g/mol. The Balaban J connectivity index is 2.29. The molecule has 16 heavy (non-hydrogen) atoms. The highest BCUT2D eigenvalue weighted by atomic mass is 32.2. The SMILES string of the molecule is CC(O)CC(C)(C)CNC(=O)C1CSCN1. The van der Waals surface area contributed by atoms with Crippen LogP contribution in [0.4, 0.5) is 0 Å². The molecule has 1 aliphatic heterocycles. The van der Waals surface area contributed by atoms with Crippen LogP contribution in [0.3, 0.4) is 0 Å². The predicted octanol–water partition coefficient (Wildman–Crippen LogP) is 0.562. The predicted molar refractivity (Wildman–Crippen MR) is 67.3 cm³/mol. The van der Waals surface area contributed by atoms with Crippen LogP contribution in [0.2, 0.25) is 0 Å². The number of carbonyl (C=O) groups is 1. The van der Waals surface area contributed by atoms with Gasteiger partial charge in [0.05, 0.1) is 12.1 Å². The molecule has 0 bridgehead atoms. The van der Waals surface area contributed by atoms with Gasteiger partial charge in [0.1, 0.15) is 0 Å². The number of thioether (sulfide) groups is 1. The Bertz CT molecular complexity index is 238. The smallest absolute Gasteiger partial charge is 0.238 e. The molecule has 1 rings (SSSR count). The molecule has 1 aliphatic rings. The van der Waals surface area contributed by atoms with E-state index < -0.39 is 0 Å². The minimum absolute atomic E-state index is 0.0488. The molecule has 2 atom stereocenters. The van der Waals surface area contributed by atoms with Crippen molar-refractivity contribution in [3.63, 3.8) is 0 Å². The fraction of sp³-hybridized carbons (Fsp3) is 0.909. The maximum absolute atomic E-state index is 11.7. The van der Waals surface area contributed by atoms with Crippen molar-refractivity contribution in [1.82, 2.24) is 10.6 Å². The van der Waals surface area contributed by atoms with Gasteiger partial charge in [-0.05, 0) is 18.8 Å². The topological polar surface area (TPSA) is 61.4 Å². The van der Waals surface area contributed by atoms with Gasteiger partial charge in [0.2, 0.25) is 5.91 Å². The molecule has 3 N–H and O–H groups in total. The number of nitrogens with one attached hydrogen (secondary N) is 2. The van der Waals surface area contributed by atoms with Crippen LogP contribution in [0.1, 0.15) is 27.2 Å². The molecule has 0 aliphatic carbocycles. The minimum Gasteiger partial charge on any atom is -0.393 e. The van der Waals surface area contributed by atoms with Crippen molar-refractivity contribution in [3.05, 3.63) is 0 Å². The lowest BCUT2D eigenvalue weighted by Gasteiger charge is -2.27. The van der Waals surface area contributed by atoms with E-state index in [9.17, 15) is 9.90 Å². The Hall–Kier alpha value is -0.260. The molecule has 2 unspecified atom stereocenters. The molecule has 0 radical (unpaired) electrons. The number of hydrogen-bond acceptors (Lipinski definition) is 4. The second kappa shape index (κ2) is 5.89. The van der Waals surface area contributed by atoms with Crippen LogP contribution < -0.4 is 10.6 Å². The molecule has 0 aromatic rings. The molecule has 1 amide bonds. The van der Waals surface area contributed by atoms with E-state index >= 15 is 0 Å². The van der Waals surface area contributed by atoms with Gasteiger partial charge >= 0.3 is 0 Å². The first-order valence-corrected chi connectivity index (χ1v) is 6.83. The highest BCUT2D eigenvalue weighted by Gasteiger charge is 2.25. The normalized spacial score (nSPS) is 23.1. The number of aliphatic hydroxyl groups is 1. The molecule has 94 valence electrons. The molecule has 0 spiro atoms. The summed E-state index contributed by atoms with van der Waals surface area (Å²) < 4.78 is 0. The third-order valence-corrected chi connectivity index (χ3v) is 3.56. The molecule has 0 aromatic heterocycles. The lowest BCUT2D eigenvalue weighted by molar-refractivity contribution is -0.122. The van der Waals surface area contributed by atoms with Gasteiger partial charge in [-0.15, -0.1) is 11.8 Å². The van der Waals surface area contributed by atoms with Crippen LogP contribution in [-0.2, 0) is 4.79 Å². The summed E-state index contributed by atoms with van der Waals surface area (Å²) in [5.74, 6) is 1.78. The number of aliphatic hydroxyl groups excluding tert-OH is 1. The number of amides is 1. The van der Waals surface area contributed by atoms with Gasteiger partial charge in [-0.3, -0.25) is 10.1 Å². The average molecular weight is 246 g/mol. The van der Waals surface area contributed by atoms with Crippen molar-refractivity contribution < 1.29 is 9.90 Å². The fourth-order valence-corrected chi connectivity index (χ4v) is 2.83. The molecule has 1 fully saturated rings. The maximum atomic E-state index is 11.7. The van der Waals surface area contributed by atoms with Crippen LogP contribution in [-0.4, -0.2) is 41.3 Å². The van der Waals surface area contributed by atoms with Crippen molar-refractivity contribution >= 4 is 17.7 Å². The van der Waals surface area contributed by atoms with Gasteiger partial charge in [-0.1, -0.05) is 13.8 Å². The van der Waals surface area contributed by atoms with Gasteiger partial charge in [-0.2, -0.15) is 0 Å². The van der Waals surface area contributed by atoms with Crippen molar-refractivity contribution in [2.24, 2.45) is 5.41 Å². The highest BCUT2D eigenvalue weighted by molar-refractivity contribution is 7.99. The summed E-state index contributed by atoms with van der Waals surface area (Å²) in [6.07, 6.45) is 0.368. The van der Waals surface area contributed by atoms with E-state index in [4.69, 9.17) is 0 Å². The second-order valence-electron chi connectivity index (χ2n) is 5.21. The molecule has 0 saturated carbocycles. The standard InChI is InChI=1S/C11H22N2O2S/c1-8(14)4-11(2,3)6-12-10(15)9-5-16-7-13-9/h8-9,13-14H,4-7H2,1-3H3,(H,12,15). The Morgan fingerprint density at radius 1 is 1.69 bits per heavy atom. The summed E-state index contributed by atoms with van der Waals surface area (Å²) in [4.78, 5) is 11.7. The first-order chi connectivity index (χ1) is 7.41. The van der Waals surface area contributed by atoms with Crippen LogP contribution in [0.5, 0.6) is 0 Å². The van der Waals surface area contributed by atoms with E-state index in [1.807, 2.05) is 0 Å². The van der Waals surface area contributed by atoms with Crippen molar-refractivity contribution in [3.8, 4) is 0 Å². The Labute approximate surface area is 102 Å². The lowest BCUT2D eigenvalue weighted by atomic mass is 9.87. The quantitative estimate of drug-likeness (QED) is 0.663. The van der Waals surface area contributed by atoms with Gasteiger partial charge in [0, 0.05) is 18.2 Å². The van der Waals surface area contributed by atoms with E-state index in [0.29, 0.717) is 13.0 Å². The Morgan fingerprint density at radius 2 is 2.38 bits per heavy atom. The van der Waals surface area contributed by atoms with E-state index in [1.165, 1.54) is 0 Å². The van der Waals surface area contributed by atoms with E-state index in [-0.39, 0.29) is 23.5 Å². The zero-order valence-electron chi connectivity index (χ0n) is 10.2. The third-order valence-electron chi connectivity index (χ3n) is 2.62. The number of carbonyl (C=O) groups excluding carboxylic acids is 1. The lowest BCUT2D eigenvalue weighted by Crippen LogP contribution is -2.45. The zero-order valence-corrected chi connectivity index (χ0v) is 11.1. The van der Waals surface area contributed by atoms with Crippen LogP contribution in [0.25, 0.3) is 0 Å². The Kier molecular flexibility index (Phi) is 5.08. The van der Waals surface area contributed by atoms with E-state index in [2.05, 4.69) is 24.5 Å². The maximum Gasteiger partial charge on any atom is 0.238 e. The van der Waals surface area contributed by atoms with Crippen LogP contribution >= 0.6 is 11.8 Å². The summed E-state index contributed by atoms with van der Waals surface area (Å²) >= 11 is 1.74. The van der Waals surface area contributed by atoms with Gasteiger partial charge in [0.15, 0.2) is 0 Å². The van der Waals surface area contributed by atoms with Crippen LogP contribution in [0, 0.1) is 5.41 Å². The molecule has 5 heteroatoms. The largest absolute Gasteiger partial charge is 0.393 e. The van der Waals surface area contributed by atoms with E-state index in [1.54, 1.807) is 18.7 Å². The number of hydrogen-bond donors (Lipinski definition) is 3. The fourth-order valence-electron chi connectivity index (χ4n) is 1.89. The van der Waals surface area contributed by atoms with Gasteiger partial charge in [0.25, 0.3) is 0 Å². The molecule has 1 saturated heterocycles.